The van der Waals surface area contributed by atoms with Crippen LogP contribution in [0, 0.1) is 5.41 Å². The summed E-state index contributed by atoms with van der Waals surface area (Å²) in [6.07, 6.45) is 23.8. The highest BCUT2D eigenvalue weighted by Gasteiger charge is 2.30. The van der Waals surface area contributed by atoms with Gasteiger partial charge in [0, 0.05) is 0 Å². The Morgan fingerprint density at radius 2 is 1.11 bits per heavy atom. The predicted molar refractivity (Wildman–Crippen MR) is 87.7 cm³/mol. The van der Waals surface area contributed by atoms with Crippen LogP contribution in [-0.4, -0.2) is 0 Å². The minimum Gasteiger partial charge on any atom is -0.0654 e. The molecule has 0 amide bonds. The van der Waals surface area contributed by atoms with Gasteiger partial charge in [0.05, 0.1) is 0 Å². The Hall–Kier alpha value is 0. The maximum absolute atomic E-state index is 2.42. The first kappa shape index (κ1) is 17.1. The summed E-state index contributed by atoms with van der Waals surface area (Å²) < 4.78 is 0. The molecule has 0 N–H and O–H groups in total. The van der Waals surface area contributed by atoms with E-state index in [2.05, 4.69) is 13.8 Å². The van der Waals surface area contributed by atoms with E-state index >= 15 is 0 Å². The van der Waals surface area contributed by atoms with Gasteiger partial charge in [-0.3, -0.25) is 0 Å². The van der Waals surface area contributed by atoms with Crippen LogP contribution in [0.5, 0.6) is 0 Å². The predicted octanol–water partition coefficient (Wildman–Crippen LogP) is 7.27. The zero-order chi connectivity index (χ0) is 13.8. The van der Waals surface area contributed by atoms with E-state index in [0.717, 1.165) is 5.41 Å². The Labute approximate surface area is 122 Å². The van der Waals surface area contributed by atoms with Gasteiger partial charge in [-0.25, -0.2) is 0 Å². The highest BCUT2D eigenvalue weighted by Crippen LogP contribution is 2.44. The largest absolute Gasteiger partial charge is 0.0654 e. The quantitative estimate of drug-likeness (QED) is 0.326. The lowest BCUT2D eigenvalue weighted by Crippen LogP contribution is -2.14. The molecule has 1 rings (SSSR count). The van der Waals surface area contributed by atoms with E-state index < -0.39 is 0 Å². The van der Waals surface area contributed by atoms with E-state index in [-0.39, 0.29) is 0 Å². The van der Waals surface area contributed by atoms with Crippen molar-refractivity contribution >= 4 is 0 Å². The minimum atomic E-state index is 0.778. The molecule has 0 bridgehead atoms. The molecule has 0 aliphatic heterocycles. The van der Waals surface area contributed by atoms with Gasteiger partial charge in [0.2, 0.25) is 0 Å². The third kappa shape index (κ3) is 7.37. The van der Waals surface area contributed by atoms with E-state index in [4.69, 9.17) is 0 Å². The van der Waals surface area contributed by atoms with Crippen molar-refractivity contribution in [3.05, 3.63) is 0 Å². The summed E-state index contributed by atoms with van der Waals surface area (Å²) in [4.78, 5) is 0. The SMILES string of the molecule is CCCCCCCCCCCCC1(CC)CCCC1. The number of hydrogen-bond donors (Lipinski definition) is 0. The number of rotatable bonds is 12. The zero-order valence-electron chi connectivity index (χ0n) is 13.8. The Bertz CT molecular complexity index is 188. The van der Waals surface area contributed by atoms with Gasteiger partial charge < -0.3 is 0 Å². The van der Waals surface area contributed by atoms with Crippen LogP contribution in [0.1, 0.15) is 117 Å². The fourth-order valence-electron chi connectivity index (χ4n) is 3.89. The molecule has 0 radical (unpaired) electrons. The van der Waals surface area contributed by atoms with Crippen LogP contribution in [0.3, 0.4) is 0 Å². The second-order valence-electron chi connectivity index (χ2n) is 6.99. The molecule has 0 aromatic rings. The molecular weight excluding hydrogens is 228 g/mol. The third-order valence-corrected chi connectivity index (χ3v) is 5.47. The first-order valence-corrected chi connectivity index (χ1v) is 9.33. The van der Waals surface area contributed by atoms with Crippen LogP contribution in [0.4, 0.5) is 0 Å². The maximum atomic E-state index is 2.42. The summed E-state index contributed by atoms with van der Waals surface area (Å²) in [6.45, 7) is 4.72. The lowest BCUT2D eigenvalue weighted by atomic mass is 9.78. The fourth-order valence-corrected chi connectivity index (χ4v) is 3.89. The van der Waals surface area contributed by atoms with Gasteiger partial charge in [-0.2, -0.15) is 0 Å². The van der Waals surface area contributed by atoms with Crippen LogP contribution in [-0.2, 0) is 0 Å². The number of hydrogen-bond acceptors (Lipinski definition) is 0. The standard InChI is InChI=1S/C19H38/c1-3-5-6-7-8-9-10-11-12-13-16-19(4-2)17-14-15-18-19/h3-18H2,1-2H3. The van der Waals surface area contributed by atoms with Crippen LogP contribution < -0.4 is 0 Å². The van der Waals surface area contributed by atoms with Gasteiger partial charge in [-0.1, -0.05) is 97.3 Å². The van der Waals surface area contributed by atoms with E-state index in [1.807, 2.05) is 0 Å². The van der Waals surface area contributed by atoms with Crippen molar-refractivity contribution < 1.29 is 0 Å². The molecule has 0 heterocycles. The minimum absolute atomic E-state index is 0.778. The molecule has 0 heteroatoms. The van der Waals surface area contributed by atoms with E-state index in [9.17, 15) is 0 Å². The molecule has 19 heavy (non-hydrogen) atoms. The molecule has 1 aliphatic rings. The average molecular weight is 267 g/mol. The highest BCUT2D eigenvalue weighted by molar-refractivity contribution is 4.83. The van der Waals surface area contributed by atoms with Gasteiger partial charge in [-0.15, -0.1) is 0 Å². The Kier molecular flexibility index (Phi) is 9.65. The van der Waals surface area contributed by atoms with Crippen molar-refractivity contribution in [2.24, 2.45) is 5.41 Å². The van der Waals surface area contributed by atoms with Crippen molar-refractivity contribution in [1.82, 2.24) is 0 Å². The van der Waals surface area contributed by atoms with Crippen molar-refractivity contribution in [2.45, 2.75) is 117 Å². The number of unbranched alkanes of at least 4 members (excludes halogenated alkanes) is 9. The summed E-state index contributed by atoms with van der Waals surface area (Å²) >= 11 is 0. The Balaban J connectivity index is 1.85. The molecule has 0 aromatic carbocycles. The second-order valence-corrected chi connectivity index (χ2v) is 6.99. The maximum Gasteiger partial charge on any atom is -0.0300 e. The average Bonchev–Trinajstić information content (AvgIpc) is 2.90. The van der Waals surface area contributed by atoms with Gasteiger partial charge in [0.25, 0.3) is 0 Å². The summed E-state index contributed by atoms with van der Waals surface area (Å²) in [5.74, 6) is 0. The second kappa shape index (κ2) is 10.7. The van der Waals surface area contributed by atoms with Crippen LogP contribution in [0.25, 0.3) is 0 Å². The molecule has 114 valence electrons. The Morgan fingerprint density at radius 1 is 0.632 bits per heavy atom. The first-order valence-electron chi connectivity index (χ1n) is 9.33. The monoisotopic (exact) mass is 266 g/mol. The van der Waals surface area contributed by atoms with E-state index in [1.165, 1.54) is 103 Å². The van der Waals surface area contributed by atoms with Gasteiger partial charge in [0.15, 0.2) is 0 Å². The van der Waals surface area contributed by atoms with E-state index in [1.54, 1.807) is 0 Å². The molecular formula is C19H38. The molecule has 0 spiro atoms. The topological polar surface area (TPSA) is 0 Å². The first-order chi connectivity index (χ1) is 9.33. The molecule has 1 saturated carbocycles. The van der Waals surface area contributed by atoms with Crippen LogP contribution >= 0.6 is 0 Å². The van der Waals surface area contributed by atoms with Crippen LogP contribution in [0.15, 0.2) is 0 Å². The summed E-state index contributed by atoms with van der Waals surface area (Å²) in [7, 11) is 0. The lowest BCUT2D eigenvalue weighted by Gasteiger charge is -2.27. The van der Waals surface area contributed by atoms with Crippen molar-refractivity contribution in [1.29, 1.82) is 0 Å². The van der Waals surface area contributed by atoms with E-state index in [0.29, 0.717) is 0 Å². The molecule has 0 aromatic heterocycles. The smallest absolute Gasteiger partial charge is 0.0300 e. The molecule has 1 aliphatic carbocycles. The Morgan fingerprint density at radius 3 is 1.58 bits per heavy atom. The van der Waals surface area contributed by atoms with Gasteiger partial charge >= 0.3 is 0 Å². The molecule has 1 fully saturated rings. The third-order valence-electron chi connectivity index (χ3n) is 5.47. The van der Waals surface area contributed by atoms with Crippen molar-refractivity contribution in [3.8, 4) is 0 Å². The highest BCUT2D eigenvalue weighted by atomic mass is 14.4. The van der Waals surface area contributed by atoms with Crippen molar-refractivity contribution in [2.75, 3.05) is 0 Å². The molecule has 0 atom stereocenters. The van der Waals surface area contributed by atoms with Crippen molar-refractivity contribution in [3.63, 3.8) is 0 Å². The summed E-state index contributed by atoms with van der Waals surface area (Å²) in [6, 6.07) is 0. The summed E-state index contributed by atoms with van der Waals surface area (Å²) in [5, 5.41) is 0. The summed E-state index contributed by atoms with van der Waals surface area (Å²) in [5.41, 5.74) is 0.778. The normalized spacial score (nSPS) is 18.0. The fraction of sp³-hybridized carbons (Fsp3) is 1.00. The van der Waals surface area contributed by atoms with Gasteiger partial charge in [0.1, 0.15) is 0 Å². The molecule has 0 unspecified atom stereocenters. The zero-order valence-corrected chi connectivity index (χ0v) is 13.8. The molecule has 0 nitrogen and oxygen atoms in total. The lowest BCUT2D eigenvalue weighted by molar-refractivity contribution is 0.249. The van der Waals surface area contributed by atoms with Gasteiger partial charge in [-0.05, 0) is 24.7 Å². The van der Waals surface area contributed by atoms with Crippen LogP contribution in [0.2, 0.25) is 0 Å². The molecule has 0 saturated heterocycles.